The zero-order chi connectivity index (χ0) is 19.7. The average Bonchev–Trinajstić information content (AvgIpc) is 3.15. The van der Waals surface area contributed by atoms with Crippen molar-refractivity contribution in [3.05, 3.63) is 59.7 Å². The van der Waals surface area contributed by atoms with Gasteiger partial charge in [-0.1, -0.05) is 42.5 Å². The lowest BCUT2D eigenvalue weighted by molar-refractivity contribution is -0.886. The van der Waals surface area contributed by atoms with Crippen LogP contribution in [0.25, 0.3) is 0 Å². The minimum Gasteiger partial charge on any atom is -0.454 e. The van der Waals surface area contributed by atoms with Crippen LogP contribution in [0.15, 0.2) is 48.5 Å². The molecule has 5 rings (SSSR count). The Morgan fingerprint density at radius 3 is 2.55 bits per heavy atom. The standard InChI is InChI=1S/C24H28N2O3/c27-23(24(11-12-24)20-8-2-1-3-9-20)26(16-15-25-13-4-5-14-25)17-19-7-6-10-21-22(19)29-18-28-21/h1-3,6-10H,4-5,11-18H2/p+1. The zero-order valence-corrected chi connectivity index (χ0v) is 16.9. The van der Waals surface area contributed by atoms with Crippen LogP contribution in [0.3, 0.4) is 0 Å². The maximum atomic E-state index is 13.8. The van der Waals surface area contributed by atoms with Crippen LogP contribution in [0.4, 0.5) is 0 Å². The number of para-hydroxylation sites is 1. The number of fused-ring (bicyclic) bond motifs is 1. The van der Waals surface area contributed by atoms with Crippen molar-refractivity contribution in [1.82, 2.24) is 4.90 Å². The van der Waals surface area contributed by atoms with Crippen LogP contribution in [0.2, 0.25) is 0 Å². The SMILES string of the molecule is O=C(N(CC[NH+]1CCCC1)Cc1cccc2c1OCO2)C1(c2ccccc2)CC1. The lowest BCUT2D eigenvalue weighted by Crippen LogP contribution is -3.10. The lowest BCUT2D eigenvalue weighted by Gasteiger charge is -2.29. The smallest absolute Gasteiger partial charge is 0.233 e. The fourth-order valence-corrected chi connectivity index (χ4v) is 4.80. The molecule has 3 aliphatic rings. The van der Waals surface area contributed by atoms with Crippen molar-refractivity contribution in [3.8, 4) is 11.5 Å². The first-order valence-electron chi connectivity index (χ1n) is 10.8. The summed E-state index contributed by atoms with van der Waals surface area (Å²) < 4.78 is 11.3. The maximum absolute atomic E-state index is 13.8. The van der Waals surface area contributed by atoms with Gasteiger partial charge < -0.3 is 19.3 Å². The summed E-state index contributed by atoms with van der Waals surface area (Å²) in [5.74, 6) is 1.84. The molecule has 5 heteroatoms. The lowest BCUT2D eigenvalue weighted by atomic mass is 9.94. The van der Waals surface area contributed by atoms with Crippen molar-refractivity contribution in [2.24, 2.45) is 0 Å². The molecule has 0 spiro atoms. The number of quaternary nitrogens is 1. The van der Waals surface area contributed by atoms with E-state index in [0.717, 1.165) is 48.6 Å². The summed E-state index contributed by atoms with van der Waals surface area (Å²) in [7, 11) is 0. The number of amides is 1. The Balaban J connectivity index is 1.39. The third-order valence-corrected chi connectivity index (χ3v) is 6.66. The summed E-state index contributed by atoms with van der Waals surface area (Å²) in [6, 6.07) is 16.3. The summed E-state index contributed by atoms with van der Waals surface area (Å²) in [4.78, 5) is 17.5. The van der Waals surface area contributed by atoms with Gasteiger partial charge in [-0.2, -0.15) is 0 Å². The van der Waals surface area contributed by atoms with E-state index < -0.39 is 0 Å². The van der Waals surface area contributed by atoms with Gasteiger partial charge in [0.05, 0.1) is 31.6 Å². The number of ether oxygens (including phenoxy) is 2. The van der Waals surface area contributed by atoms with Crippen molar-refractivity contribution >= 4 is 5.91 Å². The first-order valence-corrected chi connectivity index (χ1v) is 10.8. The number of benzene rings is 2. The van der Waals surface area contributed by atoms with Crippen molar-refractivity contribution in [3.63, 3.8) is 0 Å². The van der Waals surface area contributed by atoms with E-state index in [2.05, 4.69) is 23.1 Å². The van der Waals surface area contributed by atoms with Crippen LogP contribution >= 0.6 is 0 Å². The van der Waals surface area contributed by atoms with Gasteiger partial charge >= 0.3 is 0 Å². The van der Waals surface area contributed by atoms with E-state index >= 15 is 0 Å². The van der Waals surface area contributed by atoms with Gasteiger partial charge in [-0.15, -0.1) is 0 Å². The van der Waals surface area contributed by atoms with Crippen LogP contribution < -0.4 is 14.4 Å². The molecule has 1 N–H and O–H groups in total. The molecule has 0 radical (unpaired) electrons. The largest absolute Gasteiger partial charge is 0.454 e. The highest BCUT2D eigenvalue weighted by Crippen LogP contribution is 2.50. The first-order chi connectivity index (χ1) is 14.3. The molecular weight excluding hydrogens is 364 g/mol. The first kappa shape index (κ1) is 18.5. The van der Waals surface area contributed by atoms with Gasteiger partial charge in [0.15, 0.2) is 11.5 Å². The Morgan fingerprint density at radius 2 is 1.79 bits per heavy atom. The molecule has 0 aromatic heterocycles. The second kappa shape index (κ2) is 7.71. The molecule has 2 fully saturated rings. The number of rotatable bonds is 7. The van der Waals surface area contributed by atoms with Crippen molar-refractivity contribution < 1.29 is 19.2 Å². The van der Waals surface area contributed by atoms with Gasteiger partial charge in [0.1, 0.15) is 0 Å². The second-order valence-corrected chi connectivity index (χ2v) is 8.53. The van der Waals surface area contributed by atoms with Crippen molar-refractivity contribution in [2.45, 2.75) is 37.6 Å². The number of carbonyl (C=O) groups is 1. The van der Waals surface area contributed by atoms with Crippen LogP contribution in [0.1, 0.15) is 36.8 Å². The molecule has 1 saturated heterocycles. The number of likely N-dealkylation sites (tertiary alicyclic amines) is 1. The van der Waals surface area contributed by atoms with E-state index in [-0.39, 0.29) is 18.1 Å². The topological polar surface area (TPSA) is 43.2 Å². The quantitative estimate of drug-likeness (QED) is 0.784. The van der Waals surface area contributed by atoms with Crippen LogP contribution in [-0.2, 0) is 16.8 Å². The van der Waals surface area contributed by atoms with Crippen molar-refractivity contribution in [1.29, 1.82) is 0 Å². The Morgan fingerprint density at radius 1 is 1.00 bits per heavy atom. The predicted octanol–water partition coefficient (Wildman–Crippen LogP) is 2.15. The maximum Gasteiger partial charge on any atom is 0.233 e. The molecule has 1 saturated carbocycles. The Hall–Kier alpha value is -2.53. The van der Waals surface area contributed by atoms with Crippen LogP contribution in [-0.4, -0.2) is 43.8 Å². The molecule has 29 heavy (non-hydrogen) atoms. The Kier molecular flexibility index (Phi) is 4.92. The predicted molar refractivity (Wildman–Crippen MR) is 110 cm³/mol. The average molecular weight is 394 g/mol. The van der Waals surface area contributed by atoms with E-state index in [9.17, 15) is 4.79 Å². The van der Waals surface area contributed by atoms with Gasteiger partial charge in [0, 0.05) is 24.9 Å². The molecule has 0 bridgehead atoms. The number of nitrogens with one attached hydrogen (secondary N) is 1. The number of hydrogen-bond acceptors (Lipinski definition) is 3. The van der Waals surface area contributed by atoms with E-state index in [1.807, 2.05) is 30.3 Å². The molecule has 5 nitrogen and oxygen atoms in total. The van der Waals surface area contributed by atoms with Crippen LogP contribution in [0.5, 0.6) is 11.5 Å². The molecule has 2 aliphatic heterocycles. The summed E-state index contributed by atoms with van der Waals surface area (Å²) in [5.41, 5.74) is 1.85. The van der Waals surface area contributed by atoms with Crippen LogP contribution in [0, 0.1) is 0 Å². The summed E-state index contributed by atoms with van der Waals surface area (Å²) in [6.07, 6.45) is 4.48. The second-order valence-electron chi connectivity index (χ2n) is 8.53. The summed E-state index contributed by atoms with van der Waals surface area (Å²) in [6.45, 7) is 5.09. The molecule has 152 valence electrons. The third kappa shape index (κ3) is 3.60. The monoisotopic (exact) mass is 393 g/mol. The fraction of sp³-hybridized carbons (Fsp3) is 0.458. The highest BCUT2D eigenvalue weighted by atomic mass is 16.7. The Bertz CT molecular complexity index is 873. The number of nitrogens with zero attached hydrogens (tertiary/aromatic N) is 1. The van der Waals surface area contributed by atoms with Gasteiger partial charge in [-0.25, -0.2) is 0 Å². The third-order valence-electron chi connectivity index (χ3n) is 6.66. The molecule has 0 unspecified atom stereocenters. The minimum atomic E-state index is -0.336. The molecule has 1 aliphatic carbocycles. The molecule has 2 aromatic rings. The molecule has 0 atom stereocenters. The number of carbonyl (C=O) groups excluding carboxylic acids is 1. The fourth-order valence-electron chi connectivity index (χ4n) is 4.80. The van der Waals surface area contributed by atoms with Gasteiger partial charge in [0.2, 0.25) is 12.7 Å². The molecule has 1 amide bonds. The summed E-state index contributed by atoms with van der Waals surface area (Å²) in [5, 5.41) is 0. The molecule has 2 heterocycles. The van der Waals surface area contributed by atoms with E-state index in [4.69, 9.17) is 9.47 Å². The minimum absolute atomic E-state index is 0.256. The van der Waals surface area contributed by atoms with Crippen molar-refractivity contribution in [2.75, 3.05) is 33.0 Å². The normalized spacial score (nSPS) is 19.3. The van der Waals surface area contributed by atoms with E-state index in [1.54, 1.807) is 4.90 Å². The van der Waals surface area contributed by atoms with Gasteiger partial charge in [-0.05, 0) is 24.5 Å². The number of hydrogen-bond donors (Lipinski definition) is 1. The van der Waals surface area contributed by atoms with Gasteiger partial charge in [-0.3, -0.25) is 4.79 Å². The molecular formula is C24H29N2O3+. The van der Waals surface area contributed by atoms with E-state index in [0.29, 0.717) is 6.54 Å². The van der Waals surface area contributed by atoms with Gasteiger partial charge in [0.25, 0.3) is 0 Å². The van der Waals surface area contributed by atoms with E-state index in [1.165, 1.54) is 25.9 Å². The highest BCUT2D eigenvalue weighted by molar-refractivity contribution is 5.91. The highest BCUT2D eigenvalue weighted by Gasteiger charge is 2.53. The Labute approximate surface area is 172 Å². The zero-order valence-electron chi connectivity index (χ0n) is 16.9. The summed E-state index contributed by atoms with van der Waals surface area (Å²) >= 11 is 0. The molecule has 2 aromatic carbocycles.